The molecule has 4 aromatic carbocycles. The van der Waals surface area contributed by atoms with Gasteiger partial charge in [0.25, 0.3) is 5.56 Å². The predicted octanol–water partition coefficient (Wildman–Crippen LogP) is 2.22. The normalized spacial score (nSPS) is 22.8. The fraction of sp³-hybridized carbons (Fsp3) is 0.185. The molecule has 2 heterocycles. The molecule has 8 nitrogen and oxygen atoms in total. The fourth-order valence-corrected chi connectivity index (χ4v) is 5.00. The van der Waals surface area contributed by atoms with Gasteiger partial charge in [-0.15, -0.1) is 0 Å². The predicted molar refractivity (Wildman–Crippen MR) is 133 cm³/mol. The summed E-state index contributed by atoms with van der Waals surface area (Å²) in [7, 11) is 0. The van der Waals surface area contributed by atoms with E-state index in [0.717, 1.165) is 37.1 Å². The highest BCUT2D eigenvalue weighted by Gasteiger charge is 2.43. The first-order valence-corrected chi connectivity index (χ1v) is 11.3. The summed E-state index contributed by atoms with van der Waals surface area (Å²) in [4.78, 5) is 27.2. The van der Waals surface area contributed by atoms with Crippen LogP contribution in [0.4, 0.5) is 0 Å². The SMILES string of the molecule is O=c1[nH]c(=O)n([C@@H]2O[C@H](CO)[C@@H](O)[C@H]2O)cc1/C=C/c1ccc2ccc3cccc4ccc1c2c34. The van der Waals surface area contributed by atoms with Crippen molar-refractivity contribution in [1.82, 2.24) is 9.55 Å². The van der Waals surface area contributed by atoms with Gasteiger partial charge in [-0.3, -0.25) is 14.3 Å². The van der Waals surface area contributed by atoms with Crippen LogP contribution in [0.1, 0.15) is 17.4 Å². The summed E-state index contributed by atoms with van der Waals surface area (Å²) in [5.41, 5.74) is -0.300. The third kappa shape index (κ3) is 3.38. The number of H-pyrrole nitrogens is 1. The van der Waals surface area contributed by atoms with Gasteiger partial charge in [-0.25, -0.2) is 4.79 Å². The Balaban J connectivity index is 1.44. The quantitative estimate of drug-likeness (QED) is 0.299. The fourth-order valence-electron chi connectivity index (χ4n) is 5.00. The van der Waals surface area contributed by atoms with E-state index >= 15 is 0 Å². The summed E-state index contributed by atoms with van der Waals surface area (Å²) in [6.45, 7) is -0.520. The lowest BCUT2D eigenvalue weighted by atomic mass is 9.92. The third-order valence-electron chi connectivity index (χ3n) is 6.79. The van der Waals surface area contributed by atoms with E-state index < -0.39 is 42.4 Å². The Morgan fingerprint density at radius 1 is 0.857 bits per heavy atom. The van der Waals surface area contributed by atoms with Crippen molar-refractivity contribution in [3.8, 4) is 0 Å². The van der Waals surface area contributed by atoms with Crippen molar-refractivity contribution in [3.63, 3.8) is 0 Å². The second-order valence-corrected chi connectivity index (χ2v) is 8.82. The van der Waals surface area contributed by atoms with Gasteiger partial charge in [0.15, 0.2) is 6.23 Å². The van der Waals surface area contributed by atoms with Gasteiger partial charge in [-0.2, -0.15) is 0 Å². The van der Waals surface area contributed by atoms with E-state index in [1.54, 1.807) is 6.08 Å². The third-order valence-corrected chi connectivity index (χ3v) is 6.79. The Bertz CT molecular complexity index is 1700. The topological polar surface area (TPSA) is 125 Å². The zero-order chi connectivity index (χ0) is 24.3. The molecule has 35 heavy (non-hydrogen) atoms. The molecule has 0 unspecified atom stereocenters. The van der Waals surface area contributed by atoms with E-state index in [0.29, 0.717) is 0 Å². The molecule has 1 fully saturated rings. The van der Waals surface area contributed by atoms with Crippen LogP contribution in [0.5, 0.6) is 0 Å². The van der Waals surface area contributed by atoms with Gasteiger partial charge in [0.1, 0.15) is 18.3 Å². The standard InChI is InChI=1S/C27H22N2O6/c30-13-20-23(31)24(32)26(35-20)29-12-18(25(33)28-27(29)34)9-5-14-4-6-17-8-7-15-2-1-3-16-10-11-19(14)22(17)21(15)16/h1-12,20,23-24,26,30-32H,13H2,(H,28,33,34)/b9-5+/t20-,23-,24-,26-/m1/s1. The average Bonchev–Trinajstić information content (AvgIpc) is 3.15. The molecule has 1 aliphatic heterocycles. The first-order chi connectivity index (χ1) is 17.0. The minimum atomic E-state index is -1.44. The summed E-state index contributed by atoms with van der Waals surface area (Å²) in [5, 5.41) is 36.5. The van der Waals surface area contributed by atoms with Crippen LogP contribution in [-0.2, 0) is 4.74 Å². The molecule has 1 aliphatic rings. The van der Waals surface area contributed by atoms with Crippen molar-refractivity contribution in [1.29, 1.82) is 0 Å². The van der Waals surface area contributed by atoms with Crippen molar-refractivity contribution in [3.05, 3.63) is 92.8 Å². The van der Waals surface area contributed by atoms with E-state index in [1.165, 1.54) is 11.6 Å². The van der Waals surface area contributed by atoms with Crippen molar-refractivity contribution >= 4 is 44.5 Å². The Hall–Kier alpha value is -3.82. The van der Waals surface area contributed by atoms with Gasteiger partial charge in [0.05, 0.1) is 12.2 Å². The summed E-state index contributed by atoms with van der Waals surface area (Å²) >= 11 is 0. The number of nitrogens with zero attached hydrogens (tertiary/aromatic N) is 1. The van der Waals surface area contributed by atoms with Crippen molar-refractivity contribution in [2.24, 2.45) is 0 Å². The summed E-state index contributed by atoms with van der Waals surface area (Å²) in [5.74, 6) is 0. The molecule has 4 N–H and O–H groups in total. The number of ether oxygens (including phenoxy) is 1. The maximum absolute atomic E-state index is 12.5. The van der Waals surface area contributed by atoms with Gasteiger partial charge in [0.2, 0.25) is 0 Å². The van der Waals surface area contributed by atoms with Gasteiger partial charge in [0, 0.05) is 6.20 Å². The number of benzene rings is 4. The Labute approximate surface area is 198 Å². The molecular weight excluding hydrogens is 448 g/mol. The highest BCUT2D eigenvalue weighted by atomic mass is 16.6. The Morgan fingerprint density at radius 3 is 2.23 bits per heavy atom. The van der Waals surface area contributed by atoms with E-state index in [-0.39, 0.29) is 5.56 Å². The zero-order valence-corrected chi connectivity index (χ0v) is 18.5. The van der Waals surface area contributed by atoms with E-state index in [2.05, 4.69) is 41.4 Å². The number of aliphatic hydroxyl groups is 3. The molecule has 0 saturated carbocycles. The summed E-state index contributed by atoms with van der Waals surface area (Å²) in [6.07, 6.45) is -0.387. The van der Waals surface area contributed by atoms with E-state index in [9.17, 15) is 24.9 Å². The zero-order valence-electron chi connectivity index (χ0n) is 18.5. The maximum Gasteiger partial charge on any atom is 0.330 e. The molecule has 1 saturated heterocycles. The van der Waals surface area contributed by atoms with Gasteiger partial charge >= 0.3 is 5.69 Å². The first kappa shape index (κ1) is 21.7. The van der Waals surface area contributed by atoms with Gasteiger partial charge in [-0.1, -0.05) is 60.7 Å². The van der Waals surface area contributed by atoms with Crippen LogP contribution in [0, 0.1) is 0 Å². The van der Waals surface area contributed by atoms with Crippen LogP contribution in [-0.4, -0.2) is 49.8 Å². The number of aromatic nitrogens is 2. The lowest BCUT2D eigenvalue weighted by Crippen LogP contribution is -2.38. The number of hydrogen-bond donors (Lipinski definition) is 4. The molecule has 0 radical (unpaired) electrons. The summed E-state index contributed by atoms with van der Waals surface area (Å²) < 4.78 is 6.47. The molecule has 4 atom stereocenters. The monoisotopic (exact) mass is 470 g/mol. The van der Waals surface area contributed by atoms with Crippen LogP contribution in [0.15, 0.2) is 70.4 Å². The van der Waals surface area contributed by atoms with Crippen molar-refractivity contribution in [2.75, 3.05) is 6.61 Å². The molecule has 1 aromatic heterocycles. The van der Waals surface area contributed by atoms with E-state index in [4.69, 9.17) is 4.74 Å². The molecule has 8 heteroatoms. The van der Waals surface area contributed by atoms with Gasteiger partial charge in [-0.05, 0) is 44.0 Å². The molecule has 0 amide bonds. The van der Waals surface area contributed by atoms with Crippen LogP contribution in [0.25, 0.3) is 44.5 Å². The number of aromatic amines is 1. The minimum Gasteiger partial charge on any atom is -0.394 e. The second-order valence-electron chi connectivity index (χ2n) is 8.82. The molecule has 5 aromatic rings. The molecule has 0 spiro atoms. The van der Waals surface area contributed by atoms with Crippen LogP contribution >= 0.6 is 0 Å². The number of nitrogens with one attached hydrogen (secondary N) is 1. The van der Waals surface area contributed by atoms with Crippen LogP contribution in [0.3, 0.4) is 0 Å². The molecule has 0 bridgehead atoms. The second kappa shape index (κ2) is 8.14. The molecular formula is C27H22N2O6. The molecule has 176 valence electrons. The number of rotatable bonds is 4. The highest BCUT2D eigenvalue weighted by molar-refractivity contribution is 6.24. The van der Waals surface area contributed by atoms with Crippen molar-refractivity contribution in [2.45, 2.75) is 24.5 Å². The van der Waals surface area contributed by atoms with Crippen LogP contribution < -0.4 is 11.2 Å². The van der Waals surface area contributed by atoms with Gasteiger partial charge < -0.3 is 20.1 Å². The summed E-state index contributed by atoms with van der Waals surface area (Å²) in [6, 6.07) is 18.6. The lowest BCUT2D eigenvalue weighted by Gasteiger charge is -2.17. The largest absolute Gasteiger partial charge is 0.394 e. The number of hydrogen-bond acceptors (Lipinski definition) is 6. The molecule has 0 aliphatic carbocycles. The van der Waals surface area contributed by atoms with E-state index in [1.807, 2.05) is 24.3 Å². The average molecular weight is 470 g/mol. The first-order valence-electron chi connectivity index (χ1n) is 11.3. The lowest BCUT2D eigenvalue weighted by molar-refractivity contribution is -0.0550. The Kier molecular flexibility index (Phi) is 5.05. The number of aliphatic hydroxyl groups excluding tert-OH is 3. The minimum absolute atomic E-state index is 0.174. The maximum atomic E-state index is 12.5. The van der Waals surface area contributed by atoms with Crippen LogP contribution in [0.2, 0.25) is 0 Å². The molecule has 6 rings (SSSR count). The Morgan fingerprint density at radius 2 is 1.51 bits per heavy atom. The highest BCUT2D eigenvalue weighted by Crippen LogP contribution is 2.36. The van der Waals surface area contributed by atoms with Crippen molar-refractivity contribution < 1.29 is 20.1 Å². The smallest absolute Gasteiger partial charge is 0.330 e.